The third-order valence-corrected chi connectivity index (χ3v) is 8.28. The van der Waals surface area contributed by atoms with Crippen molar-refractivity contribution in [2.75, 3.05) is 6.61 Å². The molecule has 5 unspecified atom stereocenters. The molecule has 240 valence electrons. The lowest BCUT2D eigenvalue weighted by molar-refractivity contribution is -0.259. The van der Waals surface area contributed by atoms with E-state index in [0.717, 1.165) is 19.3 Å². The molecule has 0 spiro atoms. The summed E-state index contributed by atoms with van der Waals surface area (Å²) in [6.07, 6.45) is 22.1. The number of hydrogen-bond donors (Lipinski definition) is 2. The Bertz CT molecular complexity index is 629. The Morgan fingerprint density at radius 3 is 1.65 bits per heavy atom. The Morgan fingerprint density at radius 1 is 0.800 bits per heavy atom. The summed E-state index contributed by atoms with van der Waals surface area (Å²) in [6, 6.07) is 0. The number of aliphatic hydroxyl groups is 1. The van der Waals surface area contributed by atoms with Gasteiger partial charge in [-0.3, -0.25) is 0 Å². The number of ether oxygens (including phenoxy) is 3. The summed E-state index contributed by atoms with van der Waals surface area (Å²) in [5.41, 5.74) is -3.18. The van der Waals surface area contributed by atoms with Crippen molar-refractivity contribution >= 4 is 27.1 Å². The molecule has 6 nitrogen and oxygen atoms in total. The zero-order valence-corrected chi connectivity index (χ0v) is 28.9. The fourth-order valence-corrected chi connectivity index (χ4v) is 5.59. The maximum atomic E-state index is 12.5. The van der Waals surface area contributed by atoms with Gasteiger partial charge in [0.25, 0.3) is 0 Å². The maximum Gasteiger partial charge on any atom is 0.374 e. The first kappa shape index (κ1) is 39.9. The third-order valence-electron chi connectivity index (χ3n) is 7.26. The molecule has 8 heteroatoms. The number of rotatable bonds is 27. The average molecular weight is 609 g/mol. The van der Waals surface area contributed by atoms with Gasteiger partial charge in [-0.2, -0.15) is 0 Å². The highest BCUT2D eigenvalue weighted by atomic mass is 32.1. The van der Waals surface area contributed by atoms with Crippen LogP contribution in [0.4, 0.5) is 0 Å². The molecule has 0 rings (SSSR count). The Morgan fingerprint density at radius 2 is 1.25 bits per heavy atom. The van der Waals surface area contributed by atoms with E-state index in [4.69, 9.17) is 26.8 Å². The minimum Gasteiger partial charge on any atom is -0.461 e. The summed E-state index contributed by atoms with van der Waals surface area (Å²) < 4.78 is 28.6. The van der Waals surface area contributed by atoms with Crippen LogP contribution in [0, 0.1) is 11.3 Å². The van der Waals surface area contributed by atoms with Crippen molar-refractivity contribution in [1.29, 1.82) is 0 Å². The van der Waals surface area contributed by atoms with E-state index in [1.807, 2.05) is 27.7 Å². The molecule has 0 fully saturated rings. The molecule has 0 aromatic heterocycles. The van der Waals surface area contributed by atoms with Gasteiger partial charge < -0.3 is 23.9 Å². The second kappa shape index (κ2) is 24.4. The van der Waals surface area contributed by atoms with Crippen LogP contribution in [-0.4, -0.2) is 34.9 Å². The quantitative estimate of drug-likeness (QED) is 0.0318. The van der Waals surface area contributed by atoms with Crippen LogP contribution < -0.4 is 0 Å². The number of hydrogen-bond acceptors (Lipinski definition) is 7. The first-order valence-corrected chi connectivity index (χ1v) is 17.9. The van der Waals surface area contributed by atoms with Gasteiger partial charge in [0.1, 0.15) is 13.9 Å². The molecule has 0 amide bonds. The van der Waals surface area contributed by atoms with E-state index >= 15 is 0 Å². The second-order valence-corrected chi connectivity index (χ2v) is 14.4. The van der Waals surface area contributed by atoms with Gasteiger partial charge in [-0.15, -0.1) is 12.6 Å². The van der Waals surface area contributed by atoms with Gasteiger partial charge in [0.05, 0.1) is 6.61 Å². The number of carbonyl (C=O) groups is 1. The van der Waals surface area contributed by atoms with Crippen LogP contribution >= 0.6 is 21.1 Å². The van der Waals surface area contributed by atoms with Crippen LogP contribution in [0.1, 0.15) is 164 Å². The molecule has 5 atom stereocenters. The van der Waals surface area contributed by atoms with E-state index in [1.54, 1.807) is 0 Å². The molecule has 0 aliphatic rings. The lowest BCUT2D eigenvalue weighted by Gasteiger charge is -2.30. The third kappa shape index (κ3) is 21.6. The SMILES string of the molecule is CCCCCCCCCCC(CCCCCCCCC)CC(S)OC(CC)OC(O)([PH2]=O)C(=O)OCC(C)(C)C. The summed E-state index contributed by atoms with van der Waals surface area (Å²) in [4.78, 5) is 12.5. The van der Waals surface area contributed by atoms with Gasteiger partial charge in [0.2, 0.25) is 0 Å². The number of carbonyl (C=O) groups excluding carboxylic acids is 1. The predicted octanol–water partition coefficient (Wildman–Crippen LogP) is 9.68. The molecule has 0 saturated carbocycles. The fraction of sp³-hybridized carbons (Fsp3) is 0.969. The molecule has 1 N–H and O–H groups in total. The standard InChI is InChI=1S/C32H65O6PS/c1-7-10-12-14-16-18-20-22-24-27(23-21-19-17-15-13-11-8-2)25-29(40)37-28(9-3)38-32(34,39-35)30(33)36-26-31(4,5)6/h27-29,34,40H,7-26,39H2,1-6H3. The number of unbranched alkanes of at least 4 members (excludes halogenated alkanes) is 13. The van der Waals surface area contributed by atoms with Gasteiger partial charge in [-0.1, -0.05) is 151 Å². The number of thiol groups is 1. The van der Waals surface area contributed by atoms with Gasteiger partial charge in [-0.25, -0.2) is 4.79 Å². The zero-order chi connectivity index (χ0) is 30.3. The summed E-state index contributed by atoms with van der Waals surface area (Å²) in [5, 5.41) is 10.7. The van der Waals surface area contributed by atoms with Gasteiger partial charge >= 0.3 is 11.5 Å². The minimum atomic E-state index is -2.49. The predicted molar refractivity (Wildman–Crippen MR) is 173 cm³/mol. The Hall–Kier alpha value is -0.0700. The summed E-state index contributed by atoms with van der Waals surface area (Å²) in [7, 11) is -1.98. The highest BCUT2D eigenvalue weighted by molar-refractivity contribution is 7.80. The van der Waals surface area contributed by atoms with E-state index in [9.17, 15) is 14.5 Å². The summed E-state index contributed by atoms with van der Waals surface area (Å²) in [6.45, 7) is 12.1. The largest absolute Gasteiger partial charge is 0.461 e. The number of esters is 1. The van der Waals surface area contributed by atoms with Crippen molar-refractivity contribution in [3.63, 3.8) is 0 Å². The van der Waals surface area contributed by atoms with Crippen molar-refractivity contribution < 1.29 is 28.7 Å². The molecule has 0 heterocycles. The smallest absolute Gasteiger partial charge is 0.374 e. The summed E-state index contributed by atoms with van der Waals surface area (Å²) in [5.74, 6) is -0.520. The van der Waals surface area contributed by atoms with Crippen molar-refractivity contribution in [3.05, 3.63) is 0 Å². The Kier molecular flexibility index (Phi) is 24.3. The highest BCUT2D eigenvalue weighted by Gasteiger charge is 2.42. The summed E-state index contributed by atoms with van der Waals surface area (Å²) >= 11 is 4.71. The van der Waals surface area contributed by atoms with Crippen LogP contribution in [0.2, 0.25) is 0 Å². The van der Waals surface area contributed by atoms with Crippen molar-refractivity contribution in [2.24, 2.45) is 11.3 Å². The van der Waals surface area contributed by atoms with Crippen molar-refractivity contribution in [2.45, 2.75) is 181 Å². The molecule has 0 saturated heterocycles. The molecule has 0 aromatic rings. The van der Waals surface area contributed by atoms with E-state index in [0.29, 0.717) is 12.3 Å². The lowest BCUT2D eigenvalue weighted by atomic mass is 9.91. The molecule has 0 aliphatic heterocycles. The van der Waals surface area contributed by atoms with Crippen LogP contribution in [0.15, 0.2) is 0 Å². The monoisotopic (exact) mass is 608 g/mol. The minimum absolute atomic E-state index is 0.0861. The molecule has 0 radical (unpaired) electrons. The lowest BCUT2D eigenvalue weighted by Crippen LogP contribution is -2.42. The van der Waals surface area contributed by atoms with Crippen molar-refractivity contribution in [3.8, 4) is 0 Å². The molecule has 0 aromatic carbocycles. The Balaban J connectivity index is 4.86. The van der Waals surface area contributed by atoms with Crippen LogP contribution in [-0.2, 0) is 23.6 Å². The van der Waals surface area contributed by atoms with Gasteiger partial charge in [0.15, 0.2) is 6.29 Å². The molecular formula is C32H65O6PS. The fourth-order valence-electron chi connectivity index (χ4n) is 4.77. The zero-order valence-electron chi connectivity index (χ0n) is 26.9. The average Bonchev–Trinajstić information content (AvgIpc) is 2.91. The van der Waals surface area contributed by atoms with Crippen LogP contribution in [0.25, 0.3) is 0 Å². The van der Waals surface area contributed by atoms with E-state index < -0.39 is 31.7 Å². The van der Waals surface area contributed by atoms with E-state index in [-0.39, 0.29) is 12.0 Å². The first-order chi connectivity index (χ1) is 19.0. The molecule has 0 aliphatic carbocycles. The molecular weight excluding hydrogens is 543 g/mol. The first-order valence-electron chi connectivity index (χ1n) is 16.4. The van der Waals surface area contributed by atoms with E-state index in [2.05, 4.69) is 13.8 Å². The topological polar surface area (TPSA) is 82.1 Å². The second-order valence-electron chi connectivity index (χ2n) is 12.8. The molecule has 40 heavy (non-hydrogen) atoms. The van der Waals surface area contributed by atoms with Gasteiger partial charge in [0, 0.05) is 0 Å². The van der Waals surface area contributed by atoms with E-state index in [1.165, 1.54) is 96.3 Å². The Labute approximate surface area is 254 Å². The maximum absolute atomic E-state index is 12.5. The highest BCUT2D eigenvalue weighted by Crippen LogP contribution is 2.30. The molecule has 0 bridgehead atoms. The van der Waals surface area contributed by atoms with Crippen LogP contribution in [0.3, 0.4) is 0 Å². The van der Waals surface area contributed by atoms with Crippen molar-refractivity contribution in [1.82, 2.24) is 0 Å². The van der Waals surface area contributed by atoms with Crippen LogP contribution in [0.5, 0.6) is 0 Å². The normalized spacial score (nSPS) is 16.2. The van der Waals surface area contributed by atoms with Gasteiger partial charge in [-0.05, 0) is 24.2 Å².